The fraction of sp³-hybridized carbons (Fsp3) is 0.0833. The Hall–Kier alpha value is -2.03. The van der Waals surface area contributed by atoms with Gasteiger partial charge >= 0.3 is 0 Å². The molecule has 0 amide bonds. The Labute approximate surface area is 88.6 Å². The molecule has 3 heteroatoms. The minimum Gasteiger partial charge on any atom is -0.504 e. The Kier molecular flexibility index (Phi) is 2.83. The quantitative estimate of drug-likeness (QED) is 0.712. The van der Waals surface area contributed by atoms with Crippen LogP contribution in [-0.2, 0) is 4.74 Å². The molecule has 3 nitrogen and oxygen atoms in total. The lowest BCUT2D eigenvalue weighted by Crippen LogP contribution is -1.93. The van der Waals surface area contributed by atoms with Crippen molar-refractivity contribution in [2.75, 3.05) is 7.11 Å². The van der Waals surface area contributed by atoms with E-state index in [1.54, 1.807) is 19.6 Å². The second-order valence-electron chi connectivity index (χ2n) is 3.08. The van der Waals surface area contributed by atoms with Crippen molar-refractivity contribution < 1.29 is 4.74 Å². The van der Waals surface area contributed by atoms with Crippen LogP contribution < -0.4 is 0 Å². The molecule has 0 aliphatic carbocycles. The second kappa shape index (κ2) is 4.46. The van der Waals surface area contributed by atoms with E-state index in [-0.39, 0.29) is 0 Å². The van der Waals surface area contributed by atoms with Crippen molar-refractivity contribution >= 4 is 6.08 Å². The van der Waals surface area contributed by atoms with E-state index in [4.69, 9.17) is 4.74 Å². The summed E-state index contributed by atoms with van der Waals surface area (Å²) in [7, 11) is 1.63. The van der Waals surface area contributed by atoms with Crippen molar-refractivity contribution in [1.29, 1.82) is 0 Å². The van der Waals surface area contributed by atoms with Gasteiger partial charge in [-0.05, 0) is 29.8 Å². The predicted molar refractivity (Wildman–Crippen MR) is 59.6 cm³/mol. The second-order valence-corrected chi connectivity index (χ2v) is 3.08. The van der Waals surface area contributed by atoms with Gasteiger partial charge < -0.3 is 4.74 Å². The standard InChI is InChI=1S/C12H12N2O/c1-15-10-7-11-3-5-12(6-4-11)14-9-2-8-13-14/h2-10H,1H3/b10-7+. The van der Waals surface area contributed by atoms with Crippen molar-refractivity contribution in [3.8, 4) is 5.69 Å². The first-order valence-corrected chi connectivity index (χ1v) is 4.69. The van der Waals surface area contributed by atoms with Crippen LogP contribution in [0.25, 0.3) is 11.8 Å². The van der Waals surface area contributed by atoms with Gasteiger partial charge in [0.25, 0.3) is 0 Å². The van der Waals surface area contributed by atoms with Crippen LogP contribution in [0.1, 0.15) is 5.56 Å². The number of hydrogen-bond donors (Lipinski definition) is 0. The molecule has 76 valence electrons. The smallest absolute Gasteiger partial charge is 0.0830 e. The summed E-state index contributed by atoms with van der Waals surface area (Å²) < 4.78 is 6.67. The Morgan fingerprint density at radius 3 is 2.67 bits per heavy atom. The van der Waals surface area contributed by atoms with Gasteiger partial charge in [0.05, 0.1) is 19.1 Å². The fourth-order valence-corrected chi connectivity index (χ4v) is 1.31. The fourth-order valence-electron chi connectivity index (χ4n) is 1.31. The van der Waals surface area contributed by atoms with Gasteiger partial charge in [-0.25, -0.2) is 4.68 Å². The number of aromatic nitrogens is 2. The number of nitrogens with zero attached hydrogens (tertiary/aromatic N) is 2. The maximum absolute atomic E-state index is 4.85. The predicted octanol–water partition coefficient (Wildman–Crippen LogP) is 2.49. The van der Waals surface area contributed by atoms with E-state index in [9.17, 15) is 0 Å². The summed E-state index contributed by atoms with van der Waals surface area (Å²) in [5, 5.41) is 4.15. The third-order valence-corrected chi connectivity index (χ3v) is 2.06. The molecule has 1 heterocycles. The maximum Gasteiger partial charge on any atom is 0.0830 e. The summed E-state index contributed by atoms with van der Waals surface area (Å²) in [4.78, 5) is 0. The maximum atomic E-state index is 4.85. The zero-order valence-electron chi connectivity index (χ0n) is 8.50. The summed E-state index contributed by atoms with van der Waals surface area (Å²) in [6, 6.07) is 9.97. The summed E-state index contributed by atoms with van der Waals surface area (Å²) in [6.07, 6.45) is 7.24. The van der Waals surface area contributed by atoms with Gasteiger partial charge in [-0.15, -0.1) is 0 Å². The molecule has 0 bridgehead atoms. The molecule has 0 aliphatic heterocycles. The van der Waals surface area contributed by atoms with Crippen molar-refractivity contribution in [2.24, 2.45) is 0 Å². The summed E-state index contributed by atoms with van der Waals surface area (Å²) in [5.41, 5.74) is 2.15. The van der Waals surface area contributed by atoms with Crippen LogP contribution in [0.5, 0.6) is 0 Å². The van der Waals surface area contributed by atoms with Gasteiger partial charge in [0.1, 0.15) is 0 Å². The molecular formula is C12H12N2O. The van der Waals surface area contributed by atoms with Crippen LogP contribution in [0.2, 0.25) is 0 Å². The molecule has 15 heavy (non-hydrogen) atoms. The summed E-state index contributed by atoms with van der Waals surface area (Å²) >= 11 is 0. The molecule has 0 N–H and O–H groups in total. The van der Waals surface area contributed by atoms with E-state index >= 15 is 0 Å². The third kappa shape index (κ3) is 2.26. The van der Waals surface area contributed by atoms with Crippen molar-refractivity contribution in [3.63, 3.8) is 0 Å². The normalized spacial score (nSPS) is 10.7. The van der Waals surface area contributed by atoms with Crippen molar-refractivity contribution in [1.82, 2.24) is 9.78 Å². The molecule has 1 aromatic carbocycles. The van der Waals surface area contributed by atoms with Crippen LogP contribution in [0.15, 0.2) is 49.0 Å². The highest BCUT2D eigenvalue weighted by Gasteiger charge is 1.94. The zero-order valence-corrected chi connectivity index (χ0v) is 8.50. The van der Waals surface area contributed by atoms with Crippen LogP contribution in [0, 0.1) is 0 Å². The van der Waals surface area contributed by atoms with Crippen LogP contribution >= 0.6 is 0 Å². The minimum atomic E-state index is 1.05. The first-order valence-electron chi connectivity index (χ1n) is 4.69. The molecule has 0 radical (unpaired) electrons. The molecule has 0 saturated carbocycles. The van der Waals surface area contributed by atoms with E-state index < -0.39 is 0 Å². The molecule has 2 aromatic rings. The average Bonchev–Trinajstić information content (AvgIpc) is 2.80. The monoisotopic (exact) mass is 200 g/mol. The number of benzene rings is 1. The minimum absolute atomic E-state index is 1.05. The van der Waals surface area contributed by atoms with Crippen molar-refractivity contribution in [3.05, 3.63) is 54.6 Å². The first-order chi connectivity index (χ1) is 7.40. The van der Waals surface area contributed by atoms with E-state index in [1.165, 1.54) is 0 Å². The third-order valence-electron chi connectivity index (χ3n) is 2.06. The molecule has 0 aliphatic rings. The largest absolute Gasteiger partial charge is 0.504 e. The Bertz CT molecular complexity index is 429. The molecule has 1 aromatic heterocycles. The van der Waals surface area contributed by atoms with E-state index in [0.29, 0.717) is 0 Å². The highest BCUT2D eigenvalue weighted by atomic mass is 16.5. The summed E-state index contributed by atoms with van der Waals surface area (Å²) in [6.45, 7) is 0. The van der Waals surface area contributed by atoms with Gasteiger partial charge in [-0.2, -0.15) is 5.10 Å². The Morgan fingerprint density at radius 2 is 2.07 bits per heavy atom. The molecular weight excluding hydrogens is 188 g/mol. The topological polar surface area (TPSA) is 27.1 Å². The lowest BCUT2D eigenvalue weighted by atomic mass is 10.2. The molecule has 0 saturated heterocycles. The average molecular weight is 200 g/mol. The Morgan fingerprint density at radius 1 is 1.27 bits per heavy atom. The van der Waals surface area contributed by atoms with Gasteiger partial charge in [0, 0.05) is 12.4 Å². The first kappa shape index (κ1) is 9.52. The number of ether oxygens (including phenoxy) is 1. The summed E-state index contributed by atoms with van der Waals surface area (Å²) in [5.74, 6) is 0. The molecule has 2 rings (SSSR count). The number of rotatable bonds is 3. The molecule has 0 atom stereocenters. The van der Waals surface area contributed by atoms with Crippen LogP contribution in [-0.4, -0.2) is 16.9 Å². The Balaban J connectivity index is 2.21. The lowest BCUT2D eigenvalue weighted by Gasteiger charge is -2.01. The zero-order chi connectivity index (χ0) is 10.5. The van der Waals surface area contributed by atoms with Gasteiger partial charge in [0.15, 0.2) is 0 Å². The molecule has 0 fully saturated rings. The number of methoxy groups -OCH3 is 1. The van der Waals surface area contributed by atoms with E-state index in [2.05, 4.69) is 5.10 Å². The van der Waals surface area contributed by atoms with Crippen LogP contribution in [0.4, 0.5) is 0 Å². The highest BCUT2D eigenvalue weighted by Crippen LogP contribution is 2.09. The molecule has 0 spiro atoms. The van der Waals surface area contributed by atoms with E-state index in [1.807, 2.05) is 47.3 Å². The van der Waals surface area contributed by atoms with Gasteiger partial charge in [0.2, 0.25) is 0 Å². The number of hydrogen-bond acceptors (Lipinski definition) is 2. The van der Waals surface area contributed by atoms with Crippen molar-refractivity contribution in [2.45, 2.75) is 0 Å². The van der Waals surface area contributed by atoms with Gasteiger partial charge in [-0.3, -0.25) is 0 Å². The van der Waals surface area contributed by atoms with Crippen LogP contribution in [0.3, 0.4) is 0 Å². The SMILES string of the molecule is CO/C=C/c1ccc(-n2cccn2)cc1. The molecule has 0 unspecified atom stereocenters. The van der Waals surface area contributed by atoms with E-state index in [0.717, 1.165) is 11.3 Å². The lowest BCUT2D eigenvalue weighted by molar-refractivity contribution is 0.341. The highest BCUT2D eigenvalue weighted by molar-refractivity contribution is 5.50. The van der Waals surface area contributed by atoms with Gasteiger partial charge in [-0.1, -0.05) is 12.1 Å².